The van der Waals surface area contributed by atoms with Crippen LogP contribution in [0.3, 0.4) is 0 Å². The second kappa shape index (κ2) is 9.50. The smallest absolute Gasteiger partial charge is 0.320 e. The Morgan fingerprint density at radius 3 is 2.67 bits per heavy atom. The van der Waals surface area contributed by atoms with E-state index >= 15 is 0 Å². The predicted molar refractivity (Wildman–Crippen MR) is 60.4 cm³/mol. The second-order valence-corrected chi connectivity index (χ2v) is 3.50. The van der Waals surface area contributed by atoms with Crippen LogP contribution in [0.25, 0.3) is 0 Å². The molecule has 0 fully saturated rings. The van der Waals surface area contributed by atoms with Gasteiger partial charge in [0.05, 0.1) is 0 Å². The lowest BCUT2D eigenvalue weighted by Crippen LogP contribution is -2.30. The Morgan fingerprint density at radius 2 is 2.07 bits per heavy atom. The van der Waals surface area contributed by atoms with E-state index in [9.17, 15) is 4.79 Å². The summed E-state index contributed by atoms with van der Waals surface area (Å²) in [7, 11) is 0. The molecular formula is C11H20N2O2. The summed E-state index contributed by atoms with van der Waals surface area (Å²) in [6.45, 7) is 1.83. The van der Waals surface area contributed by atoms with Gasteiger partial charge in [-0.05, 0) is 32.4 Å². The van der Waals surface area contributed by atoms with Crippen molar-refractivity contribution in [3.8, 4) is 12.3 Å². The molecule has 0 spiro atoms. The third-order valence-electron chi connectivity index (χ3n) is 2.11. The molecule has 0 aliphatic rings. The standard InChI is InChI=1S/C11H20N2O2/c1-2-3-5-8-13-9-6-4-7-10(12)11(14)15/h1,10,13H,3-9,12H2,(H,14,15)/t10-/m0/s1. The minimum absolute atomic E-state index is 0.543. The highest BCUT2D eigenvalue weighted by Gasteiger charge is 2.09. The molecule has 0 unspecified atom stereocenters. The largest absolute Gasteiger partial charge is 0.480 e. The number of carboxylic acid groups (broad SMARTS) is 1. The Kier molecular flexibility index (Phi) is 8.84. The van der Waals surface area contributed by atoms with Crippen molar-refractivity contribution < 1.29 is 9.90 Å². The van der Waals surface area contributed by atoms with E-state index in [1.54, 1.807) is 0 Å². The minimum Gasteiger partial charge on any atom is -0.480 e. The third-order valence-corrected chi connectivity index (χ3v) is 2.11. The first-order valence-corrected chi connectivity index (χ1v) is 5.31. The van der Waals surface area contributed by atoms with Gasteiger partial charge in [-0.1, -0.05) is 6.42 Å². The molecule has 0 amide bonds. The summed E-state index contributed by atoms with van der Waals surface area (Å²) < 4.78 is 0. The fourth-order valence-corrected chi connectivity index (χ4v) is 1.18. The van der Waals surface area contributed by atoms with Gasteiger partial charge in [-0.2, -0.15) is 0 Å². The maximum Gasteiger partial charge on any atom is 0.320 e. The van der Waals surface area contributed by atoms with E-state index in [1.807, 2.05) is 0 Å². The molecule has 0 saturated carbocycles. The Morgan fingerprint density at radius 1 is 1.40 bits per heavy atom. The van der Waals surface area contributed by atoms with Crippen LogP contribution in [0.2, 0.25) is 0 Å². The normalized spacial score (nSPS) is 12.0. The SMILES string of the molecule is C#CCCCNCCCC[C@H](N)C(=O)O. The highest BCUT2D eigenvalue weighted by atomic mass is 16.4. The van der Waals surface area contributed by atoms with Gasteiger partial charge < -0.3 is 16.2 Å². The summed E-state index contributed by atoms with van der Waals surface area (Å²) in [6.07, 6.45) is 9.24. The third kappa shape index (κ3) is 9.26. The predicted octanol–water partition coefficient (Wildman–Crippen LogP) is 0.572. The van der Waals surface area contributed by atoms with Crippen molar-refractivity contribution in [1.82, 2.24) is 5.32 Å². The van der Waals surface area contributed by atoms with Crippen LogP contribution in [0.1, 0.15) is 32.1 Å². The zero-order valence-corrected chi connectivity index (χ0v) is 9.04. The van der Waals surface area contributed by atoms with E-state index in [-0.39, 0.29) is 0 Å². The number of hydrogen-bond donors (Lipinski definition) is 3. The van der Waals surface area contributed by atoms with Crippen LogP contribution in [0.5, 0.6) is 0 Å². The highest BCUT2D eigenvalue weighted by molar-refractivity contribution is 5.72. The molecule has 0 bridgehead atoms. The molecule has 0 aromatic heterocycles. The first-order chi connectivity index (χ1) is 7.18. The van der Waals surface area contributed by atoms with E-state index in [1.165, 1.54) is 0 Å². The van der Waals surface area contributed by atoms with Crippen LogP contribution >= 0.6 is 0 Å². The molecule has 1 atom stereocenters. The highest BCUT2D eigenvalue weighted by Crippen LogP contribution is 1.98. The van der Waals surface area contributed by atoms with Gasteiger partial charge in [0, 0.05) is 6.42 Å². The van der Waals surface area contributed by atoms with Gasteiger partial charge in [-0.15, -0.1) is 12.3 Å². The fraction of sp³-hybridized carbons (Fsp3) is 0.727. The number of carboxylic acids is 1. The van der Waals surface area contributed by atoms with E-state index in [4.69, 9.17) is 17.3 Å². The van der Waals surface area contributed by atoms with Crippen LogP contribution in [0.4, 0.5) is 0 Å². The van der Waals surface area contributed by atoms with E-state index < -0.39 is 12.0 Å². The van der Waals surface area contributed by atoms with E-state index in [0.717, 1.165) is 38.8 Å². The van der Waals surface area contributed by atoms with E-state index in [2.05, 4.69) is 11.2 Å². The molecule has 0 aromatic rings. The van der Waals surface area contributed by atoms with Gasteiger partial charge in [0.1, 0.15) is 6.04 Å². The Labute approximate surface area is 91.2 Å². The molecule has 15 heavy (non-hydrogen) atoms. The van der Waals surface area contributed by atoms with Crippen molar-refractivity contribution in [2.45, 2.75) is 38.1 Å². The summed E-state index contributed by atoms with van der Waals surface area (Å²) in [6, 6.07) is -0.716. The van der Waals surface area contributed by atoms with Crippen molar-refractivity contribution in [3.05, 3.63) is 0 Å². The van der Waals surface area contributed by atoms with Gasteiger partial charge in [-0.25, -0.2) is 0 Å². The van der Waals surface area contributed by atoms with Gasteiger partial charge in [0.15, 0.2) is 0 Å². The molecule has 0 saturated heterocycles. The average molecular weight is 212 g/mol. The lowest BCUT2D eigenvalue weighted by molar-refractivity contribution is -0.138. The molecule has 0 aliphatic heterocycles. The van der Waals surface area contributed by atoms with E-state index in [0.29, 0.717) is 6.42 Å². The number of rotatable bonds is 9. The summed E-state index contributed by atoms with van der Waals surface area (Å²) >= 11 is 0. The number of terminal acetylenes is 1. The number of nitrogens with one attached hydrogen (secondary N) is 1. The molecule has 4 nitrogen and oxygen atoms in total. The molecule has 0 aliphatic carbocycles. The van der Waals surface area contributed by atoms with Crippen molar-refractivity contribution in [2.24, 2.45) is 5.73 Å². The number of carbonyl (C=O) groups is 1. The van der Waals surface area contributed by atoms with Gasteiger partial charge in [0.25, 0.3) is 0 Å². The monoisotopic (exact) mass is 212 g/mol. The van der Waals surface area contributed by atoms with Gasteiger partial charge in [-0.3, -0.25) is 4.79 Å². The molecule has 0 aromatic carbocycles. The molecule has 0 radical (unpaired) electrons. The first kappa shape index (κ1) is 13.9. The quantitative estimate of drug-likeness (QED) is 0.386. The van der Waals surface area contributed by atoms with Crippen LogP contribution < -0.4 is 11.1 Å². The summed E-state index contributed by atoms with van der Waals surface area (Å²) in [5.74, 6) is 1.66. The topological polar surface area (TPSA) is 75.3 Å². The van der Waals surface area contributed by atoms with Gasteiger partial charge in [0.2, 0.25) is 0 Å². The van der Waals surface area contributed by atoms with Crippen LogP contribution in [0, 0.1) is 12.3 Å². The molecule has 0 heterocycles. The summed E-state index contributed by atoms with van der Waals surface area (Å²) in [5, 5.41) is 11.8. The van der Waals surface area contributed by atoms with Crippen molar-refractivity contribution in [3.63, 3.8) is 0 Å². The number of hydrogen-bond acceptors (Lipinski definition) is 3. The Balaban J connectivity index is 3.12. The maximum atomic E-state index is 10.4. The zero-order chi connectivity index (χ0) is 11.5. The first-order valence-electron chi connectivity index (χ1n) is 5.31. The summed E-state index contributed by atoms with van der Waals surface area (Å²) in [5.41, 5.74) is 5.35. The minimum atomic E-state index is -0.919. The number of nitrogens with two attached hydrogens (primary N) is 1. The van der Waals surface area contributed by atoms with Crippen molar-refractivity contribution in [1.29, 1.82) is 0 Å². The lowest BCUT2D eigenvalue weighted by atomic mass is 10.1. The number of unbranched alkanes of at least 4 members (excludes halogenated alkanes) is 2. The van der Waals surface area contributed by atoms with Crippen molar-refractivity contribution >= 4 is 5.97 Å². The molecule has 4 N–H and O–H groups in total. The van der Waals surface area contributed by atoms with Crippen LogP contribution in [-0.4, -0.2) is 30.2 Å². The molecule has 0 rings (SSSR count). The molecular weight excluding hydrogens is 192 g/mol. The molecule has 86 valence electrons. The average Bonchev–Trinajstić information content (AvgIpc) is 2.21. The van der Waals surface area contributed by atoms with Crippen molar-refractivity contribution in [2.75, 3.05) is 13.1 Å². The Bertz CT molecular complexity index is 211. The lowest BCUT2D eigenvalue weighted by Gasteiger charge is -2.06. The zero-order valence-electron chi connectivity index (χ0n) is 9.04. The maximum absolute atomic E-state index is 10.4. The molecule has 4 heteroatoms. The van der Waals surface area contributed by atoms with Crippen LogP contribution in [0.15, 0.2) is 0 Å². The fourth-order valence-electron chi connectivity index (χ4n) is 1.18. The van der Waals surface area contributed by atoms with Crippen LogP contribution in [-0.2, 0) is 4.79 Å². The Hall–Kier alpha value is -1.05. The summed E-state index contributed by atoms with van der Waals surface area (Å²) in [4.78, 5) is 10.4. The van der Waals surface area contributed by atoms with Gasteiger partial charge >= 0.3 is 5.97 Å². The second-order valence-electron chi connectivity index (χ2n) is 3.50. The number of aliphatic carboxylic acids is 1.